The maximum Gasteiger partial charge on any atom is 0.226 e. The zero-order valence-electron chi connectivity index (χ0n) is 23.4. The fourth-order valence-corrected chi connectivity index (χ4v) is 5.36. The molecule has 1 unspecified atom stereocenters. The normalized spacial score (nSPS) is 20.4. The summed E-state index contributed by atoms with van der Waals surface area (Å²) in [5.41, 5.74) is 6.06. The number of carbonyl (C=O) groups excluding carboxylic acids is 2. The summed E-state index contributed by atoms with van der Waals surface area (Å²) in [7, 11) is 0. The molecule has 0 spiro atoms. The molecule has 0 amide bonds. The van der Waals surface area contributed by atoms with E-state index in [0.717, 1.165) is 48.7 Å². The molecule has 1 fully saturated rings. The number of aliphatic hydroxyl groups is 4. The Balaban J connectivity index is 0.000000611. The van der Waals surface area contributed by atoms with E-state index >= 15 is 0 Å². The molecule has 10 heteroatoms. The first-order valence-electron chi connectivity index (χ1n) is 14.3. The van der Waals surface area contributed by atoms with Crippen LogP contribution in [0.2, 0.25) is 0 Å². The van der Waals surface area contributed by atoms with Crippen molar-refractivity contribution >= 4 is 28.4 Å². The monoisotopic (exact) mass is 578 g/mol. The standard InChI is InChI=1S/C26H35NO4S.C4H11NO3/c28-23(25-24(29)19-32-26(25)30)17-16-21-14-10-5-3-1-2-4-6-11-15-22(21)27-31-18-20-12-8-7-9-13-20;5-4(1-6,2-7)3-8/h7-9,12-13,21,29H,1-6,10-11,14-19H2;6-8H,1-3,5H2. The Kier molecular flexibility index (Phi) is 16.1. The van der Waals surface area contributed by atoms with E-state index in [2.05, 4.69) is 5.16 Å². The fourth-order valence-electron chi connectivity index (χ4n) is 4.57. The number of oxime groups is 1. The second kappa shape index (κ2) is 19.0. The van der Waals surface area contributed by atoms with E-state index < -0.39 is 25.4 Å². The predicted octanol–water partition coefficient (Wildman–Crippen LogP) is 4.19. The minimum atomic E-state index is -1.21. The Bertz CT molecular complexity index is 956. The number of rotatable bonds is 10. The van der Waals surface area contributed by atoms with Crippen molar-refractivity contribution < 1.29 is 34.9 Å². The molecule has 0 radical (unpaired) electrons. The number of benzene rings is 1. The maximum absolute atomic E-state index is 12.7. The number of hydrogen-bond acceptors (Lipinski definition) is 10. The zero-order chi connectivity index (χ0) is 29.2. The molecule has 0 aromatic heterocycles. The second-order valence-corrected chi connectivity index (χ2v) is 11.6. The van der Waals surface area contributed by atoms with Crippen LogP contribution in [0, 0.1) is 5.92 Å². The second-order valence-electron chi connectivity index (χ2n) is 10.6. The van der Waals surface area contributed by atoms with E-state index in [1.807, 2.05) is 30.3 Å². The lowest BCUT2D eigenvalue weighted by Gasteiger charge is -2.20. The van der Waals surface area contributed by atoms with E-state index in [-0.39, 0.29) is 40.3 Å². The molecular weight excluding hydrogens is 532 g/mol. The van der Waals surface area contributed by atoms with Gasteiger partial charge < -0.3 is 31.0 Å². The number of aliphatic hydroxyl groups excluding tert-OH is 4. The van der Waals surface area contributed by atoms with Gasteiger partial charge in [-0.2, -0.15) is 0 Å². The van der Waals surface area contributed by atoms with E-state index in [0.29, 0.717) is 13.0 Å². The summed E-state index contributed by atoms with van der Waals surface area (Å²) in [6.45, 7) is -0.775. The van der Waals surface area contributed by atoms with Gasteiger partial charge in [-0.05, 0) is 31.2 Å². The Labute approximate surface area is 241 Å². The summed E-state index contributed by atoms with van der Waals surface area (Å²) in [5.74, 6) is 0.0709. The molecule has 9 nitrogen and oxygen atoms in total. The molecule has 1 aromatic carbocycles. The minimum absolute atomic E-state index is 0.00182. The van der Waals surface area contributed by atoms with Crippen molar-refractivity contribution in [3.8, 4) is 0 Å². The highest BCUT2D eigenvalue weighted by Crippen LogP contribution is 2.29. The van der Waals surface area contributed by atoms with Crippen LogP contribution in [0.1, 0.15) is 82.6 Å². The van der Waals surface area contributed by atoms with Crippen LogP contribution in [0.5, 0.6) is 0 Å². The van der Waals surface area contributed by atoms with Gasteiger partial charge in [-0.15, -0.1) is 0 Å². The highest BCUT2D eigenvalue weighted by atomic mass is 32.2. The fraction of sp³-hybridized carbons (Fsp3) is 0.633. The average molecular weight is 579 g/mol. The number of carbonyl (C=O) groups is 2. The third kappa shape index (κ3) is 12.1. The van der Waals surface area contributed by atoms with Crippen LogP contribution in [-0.4, -0.2) is 68.1 Å². The van der Waals surface area contributed by atoms with Crippen LogP contribution >= 0.6 is 11.8 Å². The maximum atomic E-state index is 12.7. The van der Waals surface area contributed by atoms with Crippen LogP contribution < -0.4 is 5.73 Å². The first-order chi connectivity index (χ1) is 19.3. The zero-order valence-corrected chi connectivity index (χ0v) is 24.2. The Morgan fingerprint density at radius 1 is 0.975 bits per heavy atom. The minimum Gasteiger partial charge on any atom is -0.510 e. The molecular formula is C30H46N2O7S. The Morgan fingerprint density at radius 2 is 1.57 bits per heavy atom. The number of hydrogen-bond donors (Lipinski definition) is 5. The third-order valence-corrected chi connectivity index (χ3v) is 8.12. The van der Waals surface area contributed by atoms with Gasteiger partial charge in [0.1, 0.15) is 17.9 Å². The van der Waals surface area contributed by atoms with Crippen LogP contribution in [0.3, 0.4) is 0 Å². The molecule has 6 N–H and O–H groups in total. The van der Waals surface area contributed by atoms with Gasteiger partial charge in [0.25, 0.3) is 0 Å². The van der Waals surface area contributed by atoms with Crippen molar-refractivity contribution in [1.82, 2.24) is 0 Å². The van der Waals surface area contributed by atoms with Crippen molar-refractivity contribution in [2.75, 3.05) is 25.6 Å². The number of thioether (sulfide) groups is 1. The van der Waals surface area contributed by atoms with Crippen LogP contribution in [0.15, 0.2) is 46.8 Å². The summed E-state index contributed by atoms with van der Waals surface area (Å²) in [4.78, 5) is 30.4. The SMILES string of the molecule is NC(CO)(CO)CO.O=C(CCC1CCCCCCCCCCC1=NOCc1ccccc1)C1=C(O)CSC1=O. The third-order valence-electron chi connectivity index (χ3n) is 7.24. The lowest BCUT2D eigenvalue weighted by Crippen LogP contribution is -2.50. The molecule has 0 bridgehead atoms. The van der Waals surface area contributed by atoms with Crippen LogP contribution in [0.25, 0.3) is 0 Å². The first kappa shape index (κ1) is 34.0. The molecule has 1 aliphatic carbocycles. The molecule has 2 aliphatic rings. The average Bonchev–Trinajstić information content (AvgIpc) is 3.31. The summed E-state index contributed by atoms with van der Waals surface area (Å²) < 4.78 is 0. The number of ketones is 1. The van der Waals surface area contributed by atoms with E-state index in [4.69, 9.17) is 25.9 Å². The largest absolute Gasteiger partial charge is 0.510 e. The predicted molar refractivity (Wildman–Crippen MR) is 158 cm³/mol. The van der Waals surface area contributed by atoms with Gasteiger partial charge in [-0.25, -0.2) is 0 Å². The highest BCUT2D eigenvalue weighted by molar-refractivity contribution is 8.14. The molecule has 0 saturated heterocycles. The van der Waals surface area contributed by atoms with E-state index in [9.17, 15) is 14.7 Å². The van der Waals surface area contributed by atoms with Crippen molar-refractivity contribution in [1.29, 1.82) is 0 Å². The Morgan fingerprint density at radius 3 is 2.12 bits per heavy atom. The topological polar surface area (TPSA) is 163 Å². The van der Waals surface area contributed by atoms with Gasteiger partial charge in [0, 0.05) is 12.3 Å². The quantitative estimate of drug-likeness (QED) is 0.202. The van der Waals surface area contributed by atoms with Gasteiger partial charge in [0.05, 0.1) is 36.8 Å². The van der Waals surface area contributed by atoms with Crippen LogP contribution in [-0.2, 0) is 21.0 Å². The summed E-state index contributed by atoms with van der Waals surface area (Å²) in [5, 5.41) is 39.2. The summed E-state index contributed by atoms with van der Waals surface area (Å²) >= 11 is 1.00. The molecule has 1 atom stereocenters. The number of Topliss-reactive ketones (excluding diaryl/α,β-unsaturated/α-hetero) is 1. The lowest BCUT2D eigenvalue weighted by atomic mass is 9.86. The van der Waals surface area contributed by atoms with Gasteiger partial charge >= 0.3 is 0 Å². The van der Waals surface area contributed by atoms with Gasteiger partial charge in [-0.3, -0.25) is 9.59 Å². The van der Waals surface area contributed by atoms with Gasteiger partial charge in [0.2, 0.25) is 5.12 Å². The number of nitrogens with two attached hydrogens (primary N) is 1. The molecule has 40 heavy (non-hydrogen) atoms. The number of nitrogens with zero attached hydrogens (tertiary/aromatic N) is 1. The molecule has 1 heterocycles. The molecule has 1 saturated carbocycles. The van der Waals surface area contributed by atoms with Crippen molar-refractivity contribution in [2.45, 2.75) is 89.2 Å². The Hall–Kier alpha value is -2.24. The highest BCUT2D eigenvalue weighted by Gasteiger charge is 2.30. The molecule has 1 aromatic rings. The first-order valence-corrected chi connectivity index (χ1v) is 15.3. The van der Waals surface area contributed by atoms with Crippen molar-refractivity contribution in [2.24, 2.45) is 16.8 Å². The molecule has 3 rings (SSSR count). The van der Waals surface area contributed by atoms with Crippen molar-refractivity contribution in [3.05, 3.63) is 47.2 Å². The van der Waals surface area contributed by atoms with E-state index in [1.54, 1.807) is 0 Å². The molecule has 1 aliphatic heterocycles. The lowest BCUT2D eigenvalue weighted by molar-refractivity contribution is -0.118. The smallest absolute Gasteiger partial charge is 0.226 e. The van der Waals surface area contributed by atoms with Crippen molar-refractivity contribution in [3.63, 3.8) is 0 Å². The summed E-state index contributed by atoms with van der Waals surface area (Å²) in [6, 6.07) is 10.0. The van der Waals surface area contributed by atoms with E-state index in [1.165, 1.54) is 38.5 Å². The summed E-state index contributed by atoms with van der Waals surface area (Å²) in [6.07, 6.45) is 12.5. The van der Waals surface area contributed by atoms with Gasteiger partial charge in [0.15, 0.2) is 5.78 Å². The molecule has 224 valence electrons. The van der Waals surface area contributed by atoms with Crippen LogP contribution in [0.4, 0.5) is 0 Å². The van der Waals surface area contributed by atoms with Gasteiger partial charge in [-0.1, -0.05) is 92.2 Å².